The molecule has 0 heterocycles. The van der Waals surface area contributed by atoms with Crippen LogP contribution in [0.3, 0.4) is 0 Å². The number of esters is 1. The fourth-order valence-electron chi connectivity index (χ4n) is 1.66. The SMILES string of the molecule is CCOC(=O)c1ccc(CCC(C)N(C)C)cc1. The molecule has 0 amide bonds. The predicted octanol–water partition coefficient (Wildman–Crippen LogP) is 2.75. The third-order valence-corrected chi connectivity index (χ3v) is 3.20. The van der Waals surface area contributed by atoms with Crippen LogP contribution in [0.4, 0.5) is 0 Å². The van der Waals surface area contributed by atoms with Gasteiger partial charge in [0.1, 0.15) is 0 Å². The van der Waals surface area contributed by atoms with Crippen molar-refractivity contribution >= 4 is 5.97 Å². The lowest BCUT2D eigenvalue weighted by Crippen LogP contribution is -2.24. The Balaban J connectivity index is 2.53. The lowest BCUT2D eigenvalue weighted by molar-refractivity contribution is 0.0526. The molecule has 18 heavy (non-hydrogen) atoms. The second-order valence-electron chi connectivity index (χ2n) is 4.77. The first kappa shape index (κ1) is 14.7. The second kappa shape index (κ2) is 7.17. The number of hydrogen-bond acceptors (Lipinski definition) is 3. The van der Waals surface area contributed by atoms with Gasteiger partial charge in [-0.2, -0.15) is 0 Å². The summed E-state index contributed by atoms with van der Waals surface area (Å²) in [5, 5.41) is 0. The van der Waals surface area contributed by atoms with Gasteiger partial charge >= 0.3 is 5.97 Å². The number of aryl methyl sites for hydroxylation is 1. The van der Waals surface area contributed by atoms with Gasteiger partial charge in [-0.1, -0.05) is 12.1 Å². The molecule has 0 N–H and O–H groups in total. The zero-order valence-electron chi connectivity index (χ0n) is 11.8. The monoisotopic (exact) mass is 249 g/mol. The van der Waals surface area contributed by atoms with Crippen LogP contribution in [0.15, 0.2) is 24.3 Å². The number of carbonyl (C=O) groups excluding carboxylic acids is 1. The van der Waals surface area contributed by atoms with Crippen molar-refractivity contribution in [3.8, 4) is 0 Å². The molecule has 0 saturated carbocycles. The molecule has 1 aromatic carbocycles. The molecule has 0 aliphatic heterocycles. The first-order valence-corrected chi connectivity index (χ1v) is 6.47. The van der Waals surface area contributed by atoms with Crippen molar-refractivity contribution in [1.29, 1.82) is 0 Å². The Kier molecular flexibility index (Phi) is 5.86. The topological polar surface area (TPSA) is 29.5 Å². The highest BCUT2D eigenvalue weighted by molar-refractivity contribution is 5.89. The van der Waals surface area contributed by atoms with Crippen LogP contribution in [0.5, 0.6) is 0 Å². The van der Waals surface area contributed by atoms with Crippen LogP contribution in [-0.2, 0) is 11.2 Å². The van der Waals surface area contributed by atoms with E-state index in [0.717, 1.165) is 12.8 Å². The molecule has 0 bridgehead atoms. The number of ether oxygens (including phenoxy) is 1. The van der Waals surface area contributed by atoms with Gasteiger partial charge < -0.3 is 9.64 Å². The van der Waals surface area contributed by atoms with Gasteiger partial charge in [0.25, 0.3) is 0 Å². The molecule has 100 valence electrons. The minimum atomic E-state index is -0.245. The third-order valence-electron chi connectivity index (χ3n) is 3.20. The maximum absolute atomic E-state index is 11.5. The molecule has 1 unspecified atom stereocenters. The molecule has 0 saturated heterocycles. The van der Waals surface area contributed by atoms with Crippen molar-refractivity contribution in [3.63, 3.8) is 0 Å². The zero-order valence-corrected chi connectivity index (χ0v) is 11.8. The fourth-order valence-corrected chi connectivity index (χ4v) is 1.66. The summed E-state index contributed by atoms with van der Waals surface area (Å²) in [7, 11) is 4.18. The average Bonchev–Trinajstić information content (AvgIpc) is 2.36. The Morgan fingerprint density at radius 2 is 1.89 bits per heavy atom. The van der Waals surface area contributed by atoms with E-state index in [2.05, 4.69) is 25.9 Å². The molecule has 0 radical (unpaired) electrons. The summed E-state index contributed by atoms with van der Waals surface area (Å²) in [5.41, 5.74) is 1.89. The third kappa shape index (κ3) is 4.49. The minimum Gasteiger partial charge on any atom is -0.462 e. The molecular formula is C15H23NO2. The summed E-state index contributed by atoms with van der Waals surface area (Å²) in [4.78, 5) is 13.7. The van der Waals surface area contributed by atoms with Crippen LogP contribution in [0.1, 0.15) is 36.2 Å². The van der Waals surface area contributed by atoms with Crippen LogP contribution in [0.2, 0.25) is 0 Å². The molecule has 1 rings (SSSR count). The van der Waals surface area contributed by atoms with Crippen molar-refractivity contribution in [2.45, 2.75) is 32.7 Å². The van der Waals surface area contributed by atoms with Crippen LogP contribution in [-0.4, -0.2) is 37.6 Å². The summed E-state index contributed by atoms with van der Waals surface area (Å²) >= 11 is 0. The normalized spacial score (nSPS) is 12.5. The van der Waals surface area contributed by atoms with Gasteiger partial charge in [0.05, 0.1) is 12.2 Å². The van der Waals surface area contributed by atoms with E-state index in [9.17, 15) is 4.79 Å². The van der Waals surface area contributed by atoms with Gasteiger partial charge in [-0.25, -0.2) is 4.79 Å². The van der Waals surface area contributed by atoms with E-state index in [4.69, 9.17) is 4.74 Å². The Hall–Kier alpha value is -1.35. The summed E-state index contributed by atoms with van der Waals surface area (Å²) in [6, 6.07) is 8.26. The number of benzene rings is 1. The molecule has 1 atom stereocenters. The van der Waals surface area contributed by atoms with Crippen LogP contribution < -0.4 is 0 Å². The molecular weight excluding hydrogens is 226 g/mol. The smallest absolute Gasteiger partial charge is 0.338 e. The molecule has 0 aliphatic carbocycles. The van der Waals surface area contributed by atoms with Crippen LogP contribution in [0.25, 0.3) is 0 Å². The van der Waals surface area contributed by atoms with Crippen molar-refractivity contribution in [3.05, 3.63) is 35.4 Å². The largest absolute Gasteiger partial charge is 0.462 e. The first-order valence-electron chi connectivity index (χ1n) is 6.47. The highest BCUT2D eigenvalue weighted by Gasteiger charge is 2.07. The van der Waals surface area contributed by atoms with Crippen molar-refractivity contribution < 1.29 is 9.53 Å². The van der Waals surface area contributed by atoms with E-state index >= 15 is 0 Å². The van der Waals surface area contributed by atoms with E-state index in [0.29, 0.717) is 18.2 Å². The number of carbonyl (C=O) groups is 1. The molecule has 0 spiro atoms. The quantitative estimate of drug-likeness (QED) is 0.726. The molecule has 0 aliphatic rings. The van der Waals surface area contributed by atoms with Crippen LogP contribution in [0, 0.1) is 0 Å². The lowest BCUT2D eigenvalue weighted by atomic mass is 10.0. The minimum absolute atomic E-state index is 0.245. The number of hydrogen-bond donors (Lipinski definition) is 0. The van der Waals surface area contributed by atoms with E-state index in [1.807, 2.05) is 31.2 Å². The highest BCUT2D eigenvalue weighted by Crippen LogP contribution is 2.10. The van der Waals surface area contributed by atoms with Gasteiger partial charge in [-0.3, -0.25) is 0 Å². The Morgan fingerprint density at radius 3 is 2.39 bits per heavy atom. The van der Waals surface area contributed by atoms with Crippen molar-refractivity contribution in [1.82, 2.24) is 4.90 Å². The molecule has 3 nitrogen and oxygen atoms in total. The van der Waals surface area contributed by atoms with E-state index < -0.39 is 0 Å². The molecule has 3 heteroatoms. The number of rotatable bonds is 6. The highest BCUT2D eigenvalue weighted by atomic mass is 16.5. The summed E-state index contributed by atoms with van der Waals surface area (Å²) < 4.78 is 4.95. The van der Waals surface area contributed by atoms with Gasteiger partial charge in [0, 0.05) is 6.04 Å². The van der Waals surface area contributed by atoms with Crippen molar-refractivity contribution in [2.75, 3.05) is 20.7 Å². The molecule has 0 fully saturated rings. The first-order chi connectivity index (χ1) is 8.54. The summed E-state index contributed by atoms with van der Waals surface area (Å²) in [6.07, 6.45) is 2.15. The molecule has 0 aromatic heterocycles. The van der Waals surface area contributed by atoms with E-state index in [1.54, 1.807) is 0 Å². The Bertz CT molecular complexity index is 371. The standard InChI is InChI=1S/C15H23NO2/c1-5-18-15(17)14-10-8-13(9-11-14)7-6-12(2)16(3)4/h8-12H,5-7H2,1-4H3. The van der Waals surface area contributed by atoms with Crippen LogP contribution >= 0.6 is 0 Å². The maximum atomic E-state index is 11.5. The van der Waals surface area contributed by atoms with Gasteiger partial charge in [0.2, 0.25) is 0 Å². The second-order valence-corrected chi connectivity index (χ2v) is 4.77. The van der Waals surface area contributed by atoms with Gasteiger partial charge in [0.15, 0.2) is 0 Å². The molecule has 1 aromatic rings. The van der Waals surface area contributed by atoms with E-state index in [1.165, 1.54) is 5.56 Å². The average molecular weight is 249 g/mol. The Morgan fingerprint density at radius 1 is 1.28 bits per heavy atom. The lowest BCUT2D eigenvalue weighted by Gasteiger charge is -2.19. The van der Waals surface area contributed by atoms with E-state index in [-0.39, 0.29) is 5.97 Å². The van der Waals surface area contributed by atoms with Gasteiger partial charge in [-0.15, -0.1) is 0 Å². The maximum Gasteiger partial charge on any atom is 0.338 e. The predicted molar refractivity (Wildman–Crippen MR) is 73.9 cm³/mol. The van der Waals surface area contributed by atoms with Gasteiger partial charge in [-0.05, 0) is 58.5 Å². The summed E-state index contributed by atoms with van der Waals surface area (Å²) in [6.45, 7) is 4.45. The Labute approximate surface area is 110 Å². The van der Waals surface area contributed by atoms with Crippen molar-refractivity contribution in [2.24, 2.45) is 0 Å². The number of nitrogens with zero attached hydrogens (tertiary/aromatic N) is 1. The fraction of sp³-hybridized carbons (Fsp3) is 0.533. The summed E-state index contributed by atoms with van der Waals surface area (Å²) in [5.74, 6) is -0.245. The zero-order chi connectivity index (χ0) is 13.5.